The van der Waals surface area contributed by atoms with Crippen LogP contribution in [0.5, 0.6) is 5.75 Å². The van der Waals surface area contributed by atoms with E-state index < -0.39 is 5.41 Å². The molecule has 28 heavy (non-hydrogen) atoms. The summed E-state index contributed by atoms with van der Waals surface area (Å²) in [5, 5.41) is 2.99. The van der Waals surface area contributed by atoms with Gasteiger partial charge >= 0.3 is 0 Å². The van der Waals surface area contributed by atoms with E-state index in [1.165, 1.54) is 5.56 Å². The molecule has 146 valence electrons. The molecule has 2 aliphatic rings. The molecule has 0 unspecified atom stereocenters. The topological polar surface area (TPSA) is 58.6 Å². The van der Waals surface area contributed by atoms with Crippen LogP contribution in [-0.4, -0.2) is 32.0 Å². The number of carbonyl (C=O) groups is 2. The van der Waals surface area contributed by atoms with Gasteiger partial charge < -0.3 is 15.0 Å². The number of hydrogen-bond donors (Lipinski definition) is 1. The molecule has 4 rings (SSSR count). The molecule has 1 heterocycles. The number of benzene rings is 2. The van der Waals surface area contributed by atoms with Gasteiger partial charge in [-0.25, -0.2) is 0 Å². The highest BCUT2D eigenvalue weighted by molar-refractivity contribution is 6.14. The molecule has 0 saturated heterocycles. The third-order valence-electron chi connectivity index (χ3n) is 5.82. The monoisotopic (exact) mass is 378 g/mol. The van der Waals surface area contributed by atoms with Crippen LogP contribution in [0.15, 0.2) is 48.5 Å². The van der Waals surface area contributed by atoms with Gasteiger partial charge in [0.05, 0.1) is 7.11 Å². The summed E-state index contributed by atoms with van der Waals surface area (Å²) in [5.41, 5.74) is 2.32. The normalized spacial score (nSPS) is 16.8. The van der Waals surface area contributed by atoms with Gasteiger partial charge in [0, 0.05) is 18.8 Å². The summed E-state index contributed by atoms with van der Waals surface area (Å²) in [6, 6.07) is 15.8. The Hall–Kier alpha value is -2.82. The molecule has 2 amide bonds. The number of ether oxygens (including phenoxy) is 1. The number of carbonyl (C=O) groups excluding carboxylic acids is 2. The van der Waals surface area contributed by atoms with Crippen LogP contribution in [0, 0.1) is 5.41 Å². The highest BCUT2D eigenvalue weighted by atomic mass is 16.5. The molecule has 1 saturated carbocycles. The Labute approximate surface area is 165 Å². The Bertz CT molecular complexity index is 889. The first kappa shape index (κ1) is 18.5. The van der Waals surface area contributed by atoms with Gasteiger partial charge in [0.1, 0.15) is 11.2 Å². The lowest BCUT2D eigenvalue weighted by atomic mass is 9.97. The van der Waals surface area contributed by atoms with Gasteiger partial charge in [-0.15, -0.1) is 0 Å². The summed E-state index contributed by atoms with van der Waals surface area (Å²) >= 11 is 0. The number of hydrogen-bond acceptors (Lipinski definition) is 3. The number of aryl methyl sites for hydroxylation is 1. The van der Waals surface area contributed by atoms with Crippen molar-refractivity contribution in [3.8, 4) is 5.75 Å². The second kappa shape index (κ2) is 7.66. The molecule has 2 aromatic carbocycles. The summed E-state index contributed by atoms with van der Waals surface area (Å²) in [5.74, 6) is 0.628. The lowest BCUT2D eigenvalue weighted by Crippen LogP contribution is -2.47. The first-order valence-electron chi connectivity index (χ1n) is 9.96. The predicted molar refractivity (Wildman–Crippen MR) is 108 cm³/mol. The van der Waals surface area contributed by atoms with E-state index in [1.807, 2.05) is 47.4 Å². The average molecular weight is 378 g/mol. The van der Waals surface area contributed by atoms with Crippen LogP contribution in [-0.2, 0) is 22.4 Å². The van der Waals surface area contributed by atoms with Crippen molar-refractivity contribution in [3.63, 3.8) is 0 Å². The zero-order valence-corrected chi connectivity index (χ0v) is 16.2. The van der Waals surface area contributed by atoms with Crippen molar-refractivity contribution in [3.05, 3.63) is 59.7 Å². The summed E-state index contributed by atoms with van der Waals surface area (Å²) in [6.45, 7) is 1.18. The third kappa shape index (κ3) is 3.37. The van der Waals surface area contributed by atoms with Gasteiger partial charge in [-0.3, -0.25) is 9.59 Å². The maximum absolute atomic E-state index is 13.3. The molecule has 1 aliphatic carbocycles. The lowest BCUT2D eigenvalue weighted by Gasteiger charge is -2.32. The number of rotatable bonds is 6. The lowest BCUT2D eigenvalue weighted by molar-refractivity contribution is -0.135. The fourth-order valence-electron chi connectivity index (χ4n) is 4.06. The molecular weight excluding hydrogens is 352 g/mol. The van der Waals surface area contributed by atoms with Crippen molar-refractivity contribution in [1.82, 2.24) is 5.32 Å². The van der Waals surface area contributed by atoms with E-state index >= 15 is 0 Å². The Morgan fingerprint density at radius 2 is 1.86 bits per heavy atom. The van der Waals surface area contributed by atoms with Crippen molar-refractivity contribution in [1.29, 1.82) is 0 Å². The maximum atomic E-state index is 13.3. The van der Waals surface area contributed by atoms with Crippen molar-refractivity contribution < 1.29 is 14.3 Å². The fourth-order valence-corrected chi connectivity index (χ4v) is 4.06. The number of fused-ring (bicyclic) bond motifs is 1. The standard InChI is InChI=1S/C23H26N2O3/c1-28-20-11-5-3-8-18(20)12-15-24-21(26)23(13-14-23)22(27)25-16-6-9-17-7-2-4-10-19(17)25/h2-5,7-8,10-11H,6,9,12-16H2,1H3,(H,24,26). The Morgan fingerprint density at radius 3 is 2.64 bits per heavy atom. The second-order valence-electron chi connectivity index (χ2n) is 7.59. The van der Waals surface area contributed by atoms with E-state index in [0.29, 0.717) is 32.4 Å². The smallest absolute Gasteiger partial charge is 0.242 e. The van der Waals surface area contributed by atoms with Crippen molar-refractivity contribution in [2.45, 2.75) is 32.1 Å². The number of amides is 2. The van der Waals surface area contributed by atoms with E-state index in [1.54, 1.807) is 7.11 Å². The summed E-state index contributed by atoms with van der Waals surface area (Å²) in [7, 11) is 1.64. The molecule has 0 radical (unpaired) electrons. The van der Waals surface area contributed by atoms with Gasteiger partial charge in [0.15, 0.2) is 0 Å². The third-order valence-corrected chi connectivity index (χ3v) is 5.82. The number of nitrogens with zero attached hydrogens (tertiary/aromatic N) is 1. The van der Waals surface area contributed by atoms with Crippen LogP contribution < -0.4 is 15.0 Å². The van der Waals surface area contributed by atoms with Crippen LogP contribution >= 0.6 is 0 Å². The summed E-state index contributed by atoms with van der Waals surface area (Å²) in [4.78, 5) is 28.0. The van der Waals surface area contributed by atoms with E-state index in [-0.39, 0.29) is 11.8 Å². The number of anilines is 1. The highest BCUT2D eigenvalue weighted by Crippen LogP contribution is 2.48. The van der Waals surface area contributed by atoms with E-state index in [0.717, 1.165) is 29.8 Å². The zero-order chi connectivity index (χ0) is 19.6. The van der Waals surface area contributed by atoms with Crippen LogP contribution in [0.4, 0.5) is 5.69 Å². The number of para-hydroxylation sites is 2. The quantitative estimate of drug-likeness (QED) is 0.786. The number of methoxy groups -OCH3 is 1. The first-order chi connectivity index (χ1) is 13.7. The summed E-state index contributed by atoms with van der Waals surface area (Å²) in [6.07, 6.45) is 3.86. The van der Waals surface area contributed by atoms with Crippen LogP contribution in [0.3, 0.4) is 0 Å². The van der Waals surface area contributed by atoms with Crippen LogP contribution in [0.1, 0.15) is 30.4 Å². The highest BCUT2D eigenvalue weighted by Gasteiger charge is 2.58. The second-order valence-corrected chi connectivity index (χ2v) is 7.59. The minimum absolute atomic E-state index is 0.0468. The first-order valence-corrected chi connectivity index (χ1v) is 9.96. The van der Waals surface area contributed by atoms with E-state index in [4.69, 9.17) is 4.74 Å². The molecule has 0 bridgehead atoms. The minimum atomic E-state index is -0.884. The minimum Gasteiger partial charge on any atom is -0.496 e. The average Bonchev–Trinajstić information content (AvgIpc) is 3.55. The van der Waals surface area contributed by atoms with E-state index in [9.17, 15) is 9.59 Å². The maximum Gasteiger partial charge on any atom is 0.242 e. The molecule has 2 aromatic rings. The molecular formula is C23H26N2O3. The zero-order valence-electron chi connectivity index (χ0n) is 16.2. The van der Waals surface area contributed by atoms with E-state index in [2.05, 4.69) is 11.4 Å². The summed E-state index contributed by atoms with van der Waals surface area (Å²) < 4.78 is 5.36. The van der Waals surface area contributed by atoms with Crippen molar-refractivity contribution >= 4 is 17.5 Å². The fraction of sp³-hybridized carbons (Fsp3) is 0.391. The predicted octanol–water partition coefficient (Wildman–Crippen LogP) is 3.11. The van der Waals surface area contributed by atoms with Crippen LogP contribution in [0.2, 0.25) is 0 Å². The molecule has 1 aliphatic heterocycles. The largest absolute Gasteiger partial charge is 0.496 e. The Balaban J connectivity index is 1.41. The van der Waals surface area contributed by atoms with Gasteiger partial charge in [-0.1, -0.05) is 36.4 Å². The Morgan fingerprint density at radius 1 is 1.11 bits per heavy atom. The van der Waals surface area contributed by atoms with Gasteiger partial charge in [0.25, 0.3) is 0 Å². The van der Waals surface area contributed by atoms with Gasteiger partial charge in [-0.05, 0) is 55.4 Å². The van der Waals surface area contributed by atoms with Gasteiger partial charge in [-0.2, -0.15) is 0 Å². The van der Waals surface area contributed by atoms with Crippen LogP contribution in [0.25, 0.3) is 0 Å². The SMILES string of the molecule is COc1ccccc1CCNC(=O)C1(C(=O)N2CCCc3ccccc32)CC1. The molecule has 0 atom stereocenters. The molecule has 1 N–H and O–H groups in total. The number of nitrogens with one attached hydrogen (secondary N) is 1. The molecule has 5 heteroatoms. The van der Waals surface area contributed by atoms with Crippen molar-refractivity contribution in [2.75, 3.05) is 25.1 Å². The molecule has 0 spiro atoms. The van der Waals surface area contributed by atoms with Crippen molar-refractivity contribution in [2.24, 2.45) is 5.41 Å². The Kier molecular flexibility index (Phi) is 5.07. The molecule has 1 fully saturated rings. The van der Waals surface area contributed by atoms with Gasteiger partial charge in [0.2, 0.25) is 11.8 Å². The molecule has 5 nitrogen and oxygen atoms in total. The molecule has 0 aromatic heterocycles.